The Kier molecular flexibility index (Phi) is 4.88. The van der Waals surface area contributed by atoms with Crippen LogP contribution in [0.2, 0.25) is 0 Å². The highest BCUT2D eigenvalue weighted by atomic mass is 16.6. The highest BCUT2D eigenvalue weighted by Crippen LogP contribution is 2.28. The molecule has 0 unspecified atom stereocenters. The maximum atomic E-state index is 11.1. The number of nitro benzene ring substituents is 2. The molecule has 1 N–H and O–H groups in total. The Morgan fingerprint density at radius 2 is 1.85 bits per heavy atom. The number of nitrogens with zero attached hydrogens (tertiary/aromatic N) is 5. The predicted octanol–water partition coefficient (Wildman–Crippen LogP) is 3.44. The van der Waals surface area contributed by atoms with Gasteiger partial charge >= 0.3 is 5.69 Å². The molecule has 27 heavy (non-hydrogen) atoms. The Bertz CT molecular complexity index is 1030. The quantitative estimate of drug-likeness (QED) is 0.404. The normalized spacial score (nSPS) is 10.9. The van der Waals surface area contributed by atoms with Crippen LogP contribution in [0.5, 0.6) is 0 Å². The van der Waals surface area contributed by atoms with Crippen LogP contribution in [0.15, 0.2) is 59.8 Å². The van der Waals surface area contributed by atoms with E-state index in [1.807, 2.05) is 37.3 Å². The third-order valence-corrected chi connectivity index (χ3v) is 3.74. The van der Waals surface area contributed by atoms with E-state index in [1.54, 1.807) is 10.9 Å². The van der Waals surface area contributed by atoms with Crippen LogP contribution in [-0.4, -0.2) is 25.8 Å². The van der Waals surface area contributed by atoms with E-state index >= 15 is 0 Å². The zero-order chi connectivity index (χ0) is 19.4. The number of hydrogen-bond donors (Lipinski definition) is 1. The van der Waals surface area contributed by atoms with Crippen molar-refractivity contribution in [3.63, 3.8) is 0 Å². The second-order valence-corrected chi connectivity index (χ2v) is 5.54. The molecule has 0 saturated heterocycles. The first-order chi connectivity index (χ1) is 13.0. The number of aromatic nitrogens is 2. The van der Waals surface area contributed by atoms with E-state index in [4.69, 9.17) is 0 Å². The van der Waals surface area contributed by atoms with E-state index in [1.165, 1.54) is 18.3 Å². The SMILES string of the molecule is Cc1nn(-c2ccccc2)cc1/C=N\Nc1ccc([N+](=O)[O-])cc1[N+](=O)[O-]. The minimum atomic E-state index is -0.705. The summed E-state index contributed by atoms with van der Waals surface area (Å²) in [6.45, 7) is 1.81. The Morgan fingerprint density at radius 1 is 1.11 bits per heavy atom. The Labute approximate surface area is 153 Å². The molecular formula is C17H14N6O4. The summed E-state index contributed by atoms with van der Waals surface area (Å²) < 4.78 is 1.70. The lowest BCUT2D eigenvalue weighted by molar-refractivity contribution is -0.393. The highest BCUT2D eigenvalue weighted by Gasteiger charge is 2.19. The summed E-state index contributed by atoms with van der Waals surface area (Å²) >= 11 is 0. The number of para-hydroxylation sites is 1. The van der Waals surface area contributed by atoms with E-state index in [2.05, 4.69) is 15.6 Å². The molecule has 2 aromatic carbocycles. The zero-order valence-corrected chi connectivity index (χ0v) is 14.1. The highest BCUT2D eigenvalue weighted by molar-refractivity contribution is 5.81. The van der Waals surface area contributed by atoms with Crippen LogP contribution in [-0.2, 0) is 0 Å². The van der Waals surface area contributed by atoms with Gasteiger partial charge in [-0.25, -0.2) is 4.68 Å². The summed E-state index contributed by atoms with van der Waals surface area (Å²) in [5, 5.41) is 30.3. The fraction of sp³-hybridized carbons (Fsp3) is 0.0588. The molecule has 0 aliphatic carbocycles. The number of anilines is 1. The Morgan fingerprint density at radius 3 is 2.52 bits per heavy atom. The van der Waals surface area contributed by atoms with Gasteiger partial charge in [0.25, 0.3) is 5.69 Å². The van der Waals surface area contributed by atoms with Crippen molar-refractivity contribution in [3.05, 3.63) is 86.2 Å². The van der Waals surface area contributed by atoms with Crippen molar-refractivity contribution in [2.45, 2.75) is 6.92 Å². The van der Waals surface area contributed by atoms with E-state index < -0.39 is 15.5 Å². The second kappa shape index (κ2) is 7.44. The summed E-state index contributed by atoms with van der Waals surface area (Å²) in [4.78, 5) is 20.5. The van der Waals surface area contributed by atoms with Crippen LogP contribution in [0.3, 0.4) is 0 Å². The number of nitro groups is 2. The molecule has 1 aromatic heterocycles. The van der Waals surface area contributed by atoms with Crippen molar-refractivity contribution in [2.75, 3.05) is 5.43 Å². The van der Waals surface area contributed by atoms with Gasteiger partial charge in [0.2, 0.25) is 0 Å². The molecule has 0 bridgehead atoms. The van der Waals surface area contributed by atoms with E-state index in [0.29, 0.717) is 0 Å². The van der Waals surface area contributed by atoms with Crippen molar-refractivity contribution >= 4 is 23.3 Å². The number of non-ortho nitro benzene ring substituents is 1. The van der Waals surface area contributed by atoms with Crippen molar-refractivity contribution in [2.24, 2.45) is 5.10 Å². The minimum Gasteiger partial charge on any atom is -0.272 e. The monoisotopic (exact) mass is 366 g/mol. The lowest BCUT2D eigenvalue weighted by Gasteiger charge is -2.01. The zero-order valence-electron chi connectivity index (χ0n) is 14.1. The predicted molar refractivity (Wildman–Crippen MR) is 99.3 cm³/mol. The minimum absolute atomic E-state index is 0.0509. The molecule has 1 heterocycles. The molecule has 3 aromatic rings. The third kappa shape index (κ3) is 3.95. The van der Waals surface area contributed by atoms with Crippen molar-refractivity contribution in [3.8, 4) is 5.69 Å². The van der Waals surface area contributed by atoms with Crippen LogP contribution in [0.25, 0.3) is 5.69 Å². The number of aryl methyl sites for hydroxylation is 1. The molecule has 0 saturated carbocycles. The van der Waals surface area contributed by atoms with Crippen LogP contribution >= 0.6 is 0 Å². The van der Waals surface area contributed by atoms with Crippen molar-refractivity contribution < 1.29 is 9.85 Å². The fourth-order valence-corrected chi connectivity index (χ4v) is 2.36. The lowest BCUT2D eigenvalue weighted by atomic mass is 10.2. The maximum Gasteiger partial charge on any atom is 0.301 e. The number of benzene rings is 2. The lowest BCUT2D eigenvalue weighted by Crippen LogP contribution is -1.98. The molecule has 0 radical (unpaired) electrons. The second-order valence-electron chi connectivity index (χ2n) is 5.54. The van der Waals surface area contributed by atoms with Gasteiger partial charge in [0.05, 0.1) is 33.5 Å². The van der Waals surface area contributed by atoms with Gasteiger partial charge in [0, 0.05) is 17.8 Å². The fourth-order valence-electron chi connectivity index (χ4n) is 2.36. The average molecular weight is 366 g/mol. The summed E-state index contributed by atoms with van der Waals surface area (Å²) in [5.74, 6) is 0. The van der Waals surface area contributed by atoms with Gasteiger partial charge < -0.3 is 0 Å². The number of hydrogen-bond acceptors (Lipinski definition) is 7. The molecule has 0 aliphatic rings. The largest absolute Gasteiger partial charge is 0.301 e. The molecular weight excluding hydrogens is 352 g/mol. The molecule has 136 valence electrons. The smallest absolute Gasteiger partial charge is 0.272 e. The average Bonchev–Trinajstić information content (AvgIpc) is 3.03. The maximum absolute atomic E-state index is 11.1. The molecule has 0 fully saturated rings. The van der Waals surface area contributed by atoms with Crippen LogP contribution in [0, 0.1) is 27.2 Å². The Hall–Kier alpha value is -4.08. The summed E-state index contributed by atoms with van der Waals surface area (Å²) in [5.41, 5.74) is 4.14. The molecule has 10 heteroatoms. The standard InChI is InChI=1S/C17H14N6O4/c1-12-13(11-21(20-12)14-5-3-2-4-6-14)10-18-19-16-8-7-15(22(24)25)9-17(16)23(26)27/h2-11,19H,1H3/b18-10-. The first kappa shape index (κ1) is 17.7. The molecule has 0 atom stereocenters. The van der Waals surface area contributed by atoms with E-state index in [9.17, 15) is 20.2 Å². The summed E-state index contributed by atoms with van der Waals surface area (Å²) in [7, 11) is 0. The molecule has 0 spiro atoms. The van der Waals surface area contributed by atoms with Gasteiger partial charge in [-0.05, 0) is 25.1 Å². The number of nitrogens with one attached hydrogen (secondary N) is 1. The molecule has 3 rings (SSSR count). The van der Waals surface area contributed by atoms with Gasteiger partial charge in [-0.3, -0.25) is 25.7 Å². The van der Waals surface area contributed by atoms with Crippen molar-refractivity contribution in [1.29, 1.82) is 0 Å². The van der Waals surface area contributed by atoms with Gasteiger partial charge in [0.15, 0.2) is 0 Å². The van der Waals surface area contributed by atoms with Gasteiger partial charge in [-0.1, -0.05) is 18.2 Å². The van der Waals surface area contributed by atoms with Gasteiger partial charge in [-0.15, -0.1) is 0 Å². The van der Waals surface area contributed by atoms with Gasteiger partial charge in [-0.2, -0.15) is 10.2 Å². The first-order valence-corrected chi connectivity index (χ1v) is 7.79. The van der Waals surface area contributed by atoms with Crippen LogP contribution in [0.4, 0.5) is 17.1 Å². The number of rotatable bonds is 6. The summed E-state index contributed by atoms with van der Waals surface area (Å²) in [6, 6.07) is 12.8. The Balaban J connectivity index is 1.81. The van der Waals surface area contributed by atoms with Crippen LogP contribution in [0.1, 0.15) is 11.3 Å². The topological polar surface area (TPSA) is 128 Å². The molecule has 0 amide bonds. The van der Waals surface area contributed by atoms with Crippen molar-refractivity contribution in [1.82, 2.24) is 9.78 Å². The number of hydrazone groups is 1. The van der Waals surface area contributed by atoms with Crippen LogP contribution < -0.4 is 5.43 Å². The molecule has 0 aliphatic heterocycles. The van der Waals surface area contributed by atoms with E-state index in [0.717, 1.165) is 23.0 Å². The summed E-state index contributed by atoms with van der Waals surface area (Å²) in [6.07, 6.45) is 3.26. The van der Waals surface area contributed by atoms with Gasteiger partial charge in [0.1, 0.15) is 5.69 Å². The van der Waals surface area contributed by atoms with E-state index in [-0.39, 0.29) is 11.4 Å². The molecule has 10 nitrogen and oxygen atoms in total. The third-order valence-electron chi connectivity index (χ3n) is 3.74. The first-order valence-electron chi connectivity index (χ1n) is 7.79.